The van der Waals surface area contributed by atoms with Crippen LogP contribution in [0, 0.1) is 28.6 Å². The van der Waals surface area contributed by atoms with E-state index in [1.165, 1.54) is 35.8 Å². The molecule has 0 bridgehead atoms. The van der Waals surface area contributed by atoms with Crippen LogP contribution in [-0.2, 0) is 9.53 Å². The predicted molar refractivity (Wildman–Crippen MR) is 131 cm³/mol. The van der Waals surface area contributed by atoms with Crippen molar-refractivity contribution in [2.75, 3.05) is 0 Å². The highest BCUT2D eigenvalue weighted by atomic mass is 16.5. The molecule has 34 heavy (non-hydrogen) atoms. The fraction of sp³-hybridized carbons (Fsp3) is 0.586. The Morgan fingerprint density at radius 2 is 1.79 bits per heavy atom. The number of ether oxygens (including phenoxy) is 1. The Kier molecular flexibility index (Phi) is 4.98. The van der Waals surface area contributed by atoms with Crippen LogP contribution in [0.1, 0.15) is 77.3 Å². The summed E-state index contributed by atoms with van der Waals surface area (Å²) in [7, 11) is 0. The van der Waals surface area contributed by atoms with Gasteiger partial charge in [-0.05, 0) is 72.8 Å². The average molecular weight is 461 g/mol. The van der Waals surface area contributed by atoms with E-state index in [1.807, 2.05) is 6.07 Å². The standard InChI is InChI=1S/C29H36N2O3/c1-17(32)34-20-11-13-28(2)19(15-20)9-10-21-23(28)12-14-29(3)24(21)16-22-25(18-7-5-4-6-8-18)30-27(33)31-26(22)29/h4-9,20-21,23-25H,10-16H2,1-3H3,(H2,30,31,33)/t20-,21+,23-,24-,25?,28-,29-/m0/s1. The third-order valence-electron chi connectivity index (χ3n) is 10.1. The maximum atomic E-state index is 12.7. The average Bonchev–Trinajstić information content (AvgIpc) is 3.11. The van der Waals surface area contributed by atoms with Gasteiger partial charge in [0.15, 0.2) is 0 Å². The maximum absolute atomic E-state index is 12.7. The van der Waals surface area contributed by atoms with Crippen LogP contribution in [0.2, 0.25) is 0 Å². The van der Waals surface area contributed by atoms with E-state index >= 15 is 0 Å². The first-order valence-electron chi connectivity index (χ1n) is 13.0. The summed E-state index contributed by atoms with van der Waals surface area (Å²) in [6.07, 6.45) is 9.95. The monoisotopic (exact) mass is 460 g/mol. The van der Waals surface area contributed by atoms with E-state index in [9.17, 15) is 9.59 Å². The van der Waals surface area contributed by atoms with Crippen molar-refractivity contribution < 1.29 is 14.3 Å². The first kappa shape index (κ1) is 21.9. The lowest BCUT2D eigenvalue weighted by atomic mass is 9.48. The van der Waals surface area contributed by atoms with Gasteiger partial charge in [0.1, 0.15) is 6.10 Å². The summed E-state index contributed by atoms with van der Waals surface area (Å²) in [5.74, 6) is 1.66. The van der Waals surface area contributed by atoms with E-state index in [4.69, 9.17) is 4.74 Å². The second-order valence-electron chi connectivity index (χ2n) is 11.7. The second kappa shape index (κ2) is 7.73. The molecule has 2 N–H and O–H groups in total. The van der Waals surface area contributed by atoms with Crippen LogP contribution in [0.25, 0.3) is 0 Å². The number of amides is 2. The topological polar surface area (TPSA) is 67.4 Å². The molecule has 4 aliphatic carbocycles. The molecular weight excluding hydrogens is 424 g/mol. The fourth-order valence-corrected chi connectivity index (χ4v) is 8.46. The van der Waals surface area contributed by atoms with Crippen molar-refractivity contribution in [1.29, 1.82) is 0 Å². The van der Waals surface area contributed by atoms with Crippen LogP contribution in [0.4, 0.5) is 4.79 Å². The summed E-state index contributed by atoms with van der Waals surface area (Å²) in [6, 6.07) is 10.3. The number of benzene rings is 1. The number of esters is 1. The molecule has 1 aromatic rings. The molecule has 1 unspecified atom stereocenters. The van der Waals surface area contributed by atoms with Gasteiger partial charge >= 0.3 is 12.0 Å². The fourth-order valence-electron chi connectivity index (χ4n) is 8.46. The Hall–Kier alpha value is -2.56. The van der Waals surface area contributed by atoms with Crippen molar-refractivity contribution >= 4 is 12.0 Å². The molecular formula is C29H36N2O3. The van der Waals surface area contributed by atoms with Crippen molar-refractivity contribution in [2.45, 2.75) is 77.9 Å². The number of hydrogen-bond acceptors (Lipinski definition) is 3. The number of carbonyl (C=O) groups excluding carboxylic acids is 2. The lowest BCUT2D eigenvalue weighted by molar-refractivity contribution is -0.148. The van der Waals surface area contributed by atoms with Crippen LogP contribution >= 0.6 is 0 Å². The van der Waals surface area contributed by atoms with Gasteiger partial charge in [0.05, 0.1) is 6.04 Å². The Labute approximate surface area is 202 Å². The van der Waals surface area contributed by atoms with E-state index in [0.717, 1.165) is 38.5 Å². The number of nitrogens with one attached hydrogen (secondary N) is 2. The predicted octanol–water partition coefficient (Wildman–Crippen LogP) is 5.80. The quantitative estimate of drug-likeness (QED) is 0.433. The van der Waals surface area contributed by atoms with Gasteiger partial charge in [-0.15, -0.1) is 0 Å². The van der Waals surface area contributed by atoms with Gasteiger partial charge in [-0.1, -0.05) is 55.8 Å². The Bertz CT molecular complexity index is 1090. The smallest absolute Gasteiger partial charge is 0.319 e. The molecule has 1 heterocycles. The van der Waals surface area contributed by atoms with Gasteiger partial charge in [0.2, 0.25) is 0 Å². The van der Waals surface area contributed by atoms with Crippen molar-refractivity contribution in [2.24, 2.45) is 28.6 Å². The summed E-state index contributed by atoms with van der Waals surface area (Å²) < 4.78 is 5.60. The van der Waals surface area contributed by atoms with Gasteiger partial charge in [-0.25, -0.2) is 4.79 Å². The molecule has 0 saturated heterocycles. The molecule has 6 rings (SSSR count). The van der Waals surface area contributed by atoms with Crippen LogP contribution in [-0.4, -0.2) is 18.1 Å². The number of rotatable bonds is 2. The summed E-state index contributed by atoms with van der Waals surface area (Å²) >= 11 is 0. The van der Waals surface area contributed by atoms with Crippen molar-refractivity contribution in [3.05, 3.63) is 58.8 Å². The summed E-state index contributed by atoms with van der Waals surface area (Å²) in [6.45, 7) is 6.40. The molecule has 0 spiro atoms. The largest absolute Gasteiger partial charge is 0.462 e. The van der Waals surface area contributed by atoms with Crippen molar-refractivity contribution in [3.8, 4) is 0 Å². The normalized spacial score (nSPS) is 40.6. The summed E-state index contributed by atoms with van der Waals surface area (Å²) in [5.41, 5.74) is 5.50. The first-order valence-corrected chi connectivity index (χ1v) is 13.0. The number of hydrogen-bond donors (Lipinski definition) is 2. The minimum Gasteiger partial charge on any atom is -0.462 e. The van der Waals surface area contributed by atoms with Crippen LogP contribution in [0.5, 0.6) is 0 Å². The van der Waals surface area contributed by atoms with Gasteiger partial charge in [0, 0.05) is 24.5 Å². The number of carbonyl (C=O) groups is 2. The first-order chi connectivity index (χ1) is 16.3. The molecule has 5 aliphatic rings. The molecule has 5 nitrogen and oxygen atoms in total. The minimum atomic E-state index is -0.164. The number of allylic oxidation sites excluding steroid dienone is 2. The Morgan fingerprint density at radius 3 is 2.56 bits per heavy atom. The number of fused-ring (bicyclic) bond motifs is 6. The highest BCUT2D eigenvalue weighted by Gasteiger charge is 2.59. The summed E-state index contributed by atoms with van der Waals surface area (Å²) in [4.78, 5) is 24.3. The van der Waals surface area contributed by atoms with Gasteiger partial charge in [0.25, 0.3) is 0 Å². The van der Waals surface area contributed by atoms with E-state index in [2.05, 4.69) is 54.8 Å². The molecule has 2 fully saturated rings. The Morgan fingerprint density at radius 1 is 1.03 bits per heavy atom. The third-order valence-corrected chi connectivity index (χ3v) is 10.1. The van der Waals surface area contributed by atoms with E-state index in [-0.39, 0.29) is 35.0 Å². The van der Waals surface area contributed by atoms with E-state index < -0.39 is 0 Å². The zero-order valence-corrected chi connectivity index (χ0v) is 20.5. The van der Waals surface area contributed by atoms with Gasteiger partial charge in [-0.2, -0.15) is 0 Å². The Balaban J connectivity index is 1.31. The molecule has 2 amide bonds. The lowest BCUT2D eigenvalue weighted by Crippen LogP contribution is -2.52. The zero-order chi connectivity index (χ0) is 23.7. The third kappa shape index (κ3) is 3.19. The highest BCUT2D eigenvalue weighted by Crippen LogP contribution is 2.66. The lowest BCUT2D eigenvalue weighted by Gasteiger charge is -2.57. The molecule has 0 radical (unpaired) electrons. The van der Waals surface area contributed by atoms with Crippen molar-refractivity contribution in [3.63, 3.8) is 0 Å². The molecule has 1 aliphatic heterocycles. The molecule has 5 heteroatoms. The summed E-state index contributed by atoms with van der Waals surface area (Å²) in [5, 5.41) is 6.48. The van der Waals surface area contributed by atoms with Gasteiger partial charge in [-0.3, -0.25) is 4.79 Å². The second-order valence-corrected chi connectivity index (χ2v) is 11.7. The number of urea groups is 1. The van der Waals surface area contributed by atoms with Crippen LogP contribution < -0.4 is 10.6 Å². The van der Waals surface area contributed by atoms with Crippen LogP contribution in [0.15, 0.2) is 53.3 Å². The highest BCUT2D eigenvalue weighted by molar-refractivity contribution is 5.80. The SMILES string of the molecule is CC(=O)O[C@H]1CC[C@@]2(C)C(=CC[C@@H]3[C@@H]2CC[C@]2(C)C4=C(C[C@@H]32)C(c2ccccc2)NC(=O)N4)C1. The maximum Gasteiger partial charge on any atom is 0.319 e. The van der Waals surface area contributed by atoms with Crippen molar-refractivity contribution in [1.82, 2.24) is 10.6 Å². The molecule has 180 valence electrons. The van der Waals surface area contributed by atoms with Crippen LogP contribution in [0.3, 0.4) is 0 Å². The van der Waals surface area contributed by atoms with E-state index in [0.29, 0.717) is 17.8 Å². The molecule has 1 aromatic carbocycles. The van der Waals surface area contributed by atoms with Gasteiger partial charge < -0.3 is 15.4 Å². The minimum absolute atomic E-state index is 0.0257. The molecule has 2 saturated carbocycles. The van der Waals surface area contributed by atoms with E-state index in [1.54, 1.807) is 0 Å². The zero-order valence-electron chi connectivity index (χ0n) is 20.5. The molecule has 0 aromatic heterocycles. The molecule has 7 atom stereocenters.